The molecule has 2 aromatic heterocycles. The van der Waals surface area contributed by atoms with Crippen LogP contribution in [0.15, 0.2) is 194 Å². The molecule has 0 unspecified atom stereocenters. The maximum atomic E-state index is 5.14. The van der Waals surface area contributed by atoms with E-state index in [1.165, 1.54) is 32.3 Å². The number of hydrogen-bond donors (Lipinski definition) is 0. The minimum Gasteiger partial charge on any atom is -0.328 e. The Bertz CT molecular complexity index is 3190. The molecule has 0 aliphatic heterocycles. The summed E-state index contributed by atoms with van der Waals surface area (Å²) in [5, 5.41) is 7.40. The summed E-state index contributed by atoms with van der Waals surface area (Å²) in [5.41, 5.74) is 9.97. The Balaban J connectivity index is 0.00000408. The van der Waals surface area contributed by atoms with E-state index >= 15 is 0 Å². The average Bonchev–Trinajstić information content (AvgIpc) is 3.65. The van der Waals surface area contributed by atoms with Crippen molar-refractivity contribution in [3.05, 3.63) is 206 Å². The molecule has 0 saturated carbocycles. The van der Waals surface area contributed by atoms with Gasteiger partial charge in [-0.15, -0.1) is 23.8 Å². The van der Waals surface area contributed by atoms with Crippen molar-refractivity contribution in [2.45, 2.75) is 0 Å². The molecule has 0 fully saturated rings. The molecule has 0 N–H and O–H groups in total. The van der Waals surface area contributed by atoms with Gasteiger partial charge in [0.2, 0.25) is 0 Å². The van der Waals surface area contributed by atoms with Gasteiger partial charge in [0.1, 0.15) is 5.82 Å². The van der Waals surface area contributed by atoms with E-state index in [0.717, 1.165) is 55.7 Å². The Morgan fingerprint density at radius 2 is 0.914 bits per heavy atom. The van der Waals surface area contributed by atoms with Crippen molar-refractivity contribution in [1.29, 1.82) is 0 Å². The normalized spacial score (nSPS) is 11.3. The smallest absolute Gasteiger partial charge is 0.328 e. The summed E-state index contributed by atoms with van der Waals surface area (Å²) < 4.78 is 2.35. The molecule has 58 heavy (non-hydrogen) atoms. The van der Waals surface area contributed by atoms with Crippen molar-refractivity contribution in [2.24, 2.45) is 0 Å². The van der Waals surface area contributed by atoms with Crippen LogP contribution in [0.1, 0.15) is 0 Å². The first-order valence-corrected chi connectivity index (χ1v) is 19.1. The summed E-state index contributed by atoms with van der Waals surface area (Å²) in [6.45, 7) is 0. The largest absolute Gasteiger partial charge is 2.00 e. The van der Waals surface area contributed by atoms with E-state index in [-0.39, 0.29) is 31.1 Å². The van der Waals surface area contributed by atoms with Gasteiger partial charge in [-0.2, -0.15) is 30.3 Å². The van der Waals surface area contributed by atoms with Gasteiger partial charge in [-0.05, 0) is 50.5 Å². The van der Waals surface area contributed by atoms with Gasteiger partial charge in [0.25, 0.3) is 0 Å². The molecular weight excluding hydrogens is 931 g/mol. The van der Waals surface area contributed by atoms with Gasteiger partial charge in [-0.3, -0.25) is 0 Å². The minimum atomic E-state index is 0. The second kappa shape index (κ2) is 15.0. The summed E-state index contributed by atoms with van der Waals surface area (Å²) in [4.78, 5) is 15.2. The number of fused-ring (bicyclic) bond motifs is 7. The van der Waals surface area contributed by atoms with E-state index in [1.807, 2.05) is 48.5 Å². The summed E-state index contributed by atoms with van der Waals surface area (Å²) in [6, 6.07) is 74.9. The third-order valence-corrected chi connectivity index (χ3v) is 10.9. The van der Waals surface area contributed by atoms with Crippen LogP contribution in [0, 0.1) is 43.2 Å². The second-order valence-corrected chi connectivity index (χ2v) is 14.2. The van der Waals surface area contributed by atoms with Crippen LogP contribution in [0.4, 0.5) is 0 Å². The van der Waals surface area contributed by atoms with Crippen molar-refractivity contribution in [1.82, 2.24) is 19.5 Å². The van der Waals surface area contributed by atoms with E-state index in [2.05, 4.69) is 162 Å². The van der Waals surface area contributed by atoms with Crippen molar-refractivity contribution < 1.29 is 31.1 Å². The molecule has 268 valence electrons. The minimum absolute atomic E-state index is 0. The predicted octanol–water partition coefficient (Wildman–Crippen LogP) is 13.2. The molecule has 0 spiro atoms. The third kappa shape index (κ3) is 6.21. The first-order valence-electron chi connectivity index (χ1n) is 19.1. The zero-order valence-electron chi connectivity index (χ0n) is 31.3. The molecule has 0 bridgehead atoms. The second-order valence-electron chi connectivity index (χ2n) is 14.2. The SMILES string of the molecule is [U+2].[c-]1c(-c2[c-]cccc2-c2nc(-c3ccccc3)nc(-c3ccc(-c4ccccc4)cc3)n2)cccc1-n1c2ccc3ccccc3c2c2c3ccccc3ccc21. The van der Waals surface area contributed by atoms with Gasteiger partial charge in [0.05, 0.1) is 11.0 Å². The quantitative estimate of drug-likeness (QED) is 0.156. The van der Waals surface area contributed by atoms with Crippen LogP contribution in [-0.2, 0) is 0 Å². The molecule has 2 heterocycles. The molecule has 0 saturated heterocycles. The van der Waals surface area contributed by atoms with Crippen molar-refractivity contribution in [2.75, 3.05) is 0 Å². The van der Waals surface area contributed by atoms with E-state index in [0.29, 0.717) is 17.5 Å². The van der Waals surface area contributed by atoms with Crippen LogP contribution in [0.25, 0.3) is 105 Å². The number of rotatable bonds is 6. The summed E-state index contributed by atoms with van der Waals surface area (Å²) in [5.74, 6) is 1.79. The molecule has 0 radical (unpaired) electrons. The molecule has 11 aromatic rings. The Kier molecular flexibility index (Phi) is 9.26. The first-order chi connectivity index (χ1) is 28.3. The van der Waals surface area contributed by atoms with E-state index in [1.54, 1.807) is 0 Å². The van der Waals surface area contributed by atoms with Gasteiger partial charge in [0.15, 0.2) is 11.6 Å². The number of aromatic nitrogens is 4. The molecule has 0 amide bonds. The van der Waals surface area contributed by atoms with Crippen molar-refractivity contribution in [3.8, 4) is 62.1 Å². The Labute approximate surface area is 359 Å². The van der Waals surface area contributed by atoms with Crippen LogP contribution >= 0.6 is 0 Å². The van der Waals surface area contributed by atoms with Gasteiger partial charge in [0, 0.05) is 21.9 Å². The van der Waals surface area contributed by atoms with Crippen LogP contribution in [0.3, 0.4) is 0 Å². The summed E-state index contributed by atoms with van der Waals surface area (Å²) >= 11 is 0. The summed E-state index contributed by atoms with van der Waals surface area (Å²) in [6.07, 6.45) is 0. The number of benzene rings is 9. The van der Waals surface area contributed by atoms with Gasteiger partial charge < -0.3 is 4.57 Å². The molecule has 9 aromatic carbocycles. The third-order valence-electron chi connectivity index (χ3n) is 10.9. The molecular formula is C53H32N4U. The maximum Gasteiger partial charge on any atom is 2.00 e. The van der Waals surface area contributed by atoms with E-state index < -0.39 is 0 Å². The monoisotopic (exact) mass is 962 g/mol. The van der Waals surface area contributed by atoms with Crippen LogP contribution in [0.2, 0.25) is 0 Å². The first kappa shape index (κ1) is 35.8. The number of hydrogen-bond acceptors (Lipinski definition) is 3. The van der Waals surface area contributed by atoms with Gasteiger partial charge >= 0.3 is 31.1 Å². The van der Waals surface area contributed by atoms with Crippen LogP contribution in [0.5, 0.6) is 0 Å². The summed E-state index contributed by atoms with van der Waals surface area (Å²) in [7, 11) is 0. The predicted molar refractivity (Wildman–Crippen MR) is 234 cm³/mol. The molecule has 0 aliphatic rings. The van der Waals surface area contributed by atoms with Crippen molar-refractivity contribution in [3.63, 3.8) is 0 Å². The molecule has 0 atom stereocenters. The van der Waals surface area contributed by atoms with Crippen LogP contribution < -0.4 is 0 Å². The maximum absolute atomic E-state index is 5.14. The van der Waals surface area contributed by atoms with Gasteiger partial charge in [-0.1, -0.05) is 146 Å². The Morgan fingerprint density at radius 1 is 0.397 bits per heavy atom. The fourth-order valence-corrected chi connectivity index (χ4v) is 8.17. The molecule has 5 heteroatoms. The van der Waals surface area contributed by atoms with Crippen LogP contribution in [-0.4, -0.2) is 19.5 Å². The zero-order valence-corrected chi connectivity index (χ0v) is 35.4. The standard InChI is InChI=1S/C53H32N4.U/c1-3-14-35(15-4-1)36-26-28-40(29-27-36)52-54-51(39-18-5-2-6-19-39)55-53(56-52)46-25-12-11-22-43(46)41-20-13-21-42(34-41)57-47-32-30-37-16-7-9-23-44(37)49(47)50-45-24-10-8-17-38(45)31-33-48(50)57;/h1-21,23-33H;/q-2;+2. The molecule has 0 aliphatic carbocycles. The fraction of sp³-hybridized carbons (Fsp3) is 0. The fourth-order valence-electron chi connectivity index (χ4n) is 8.17. The van der Waals surface area contributed by atoms with E-state index in [9.17, 15) is 0 Å². The number of nitrogens with zero attached hydrogens (tertiary/aromatic N) is 4. The topological polar surface area (TPSA) is 43.6 Å². The van der Waals surface area contributed by atoms with Crippen molar-refractivity contribution >= 4 is 43.4 Å². The molecule has 4 nitrogen and oxygen atoms in total. The average molecular weight is 963 g/mol. The molecule has 11 rings (SSSR count). The van der Waals surface area contributed by atoms with E-state index in [4.69, 9.17) is 15.0 Å². The zero-order chi connectivity index (χ0) is 37.7. The Hall–Kier alpha value is -6.64. The van der Waals surface area contributed by atoms with Gasteiger partial charge in [-0.25, -0.2) is 26.1 Å². The Morgan fingerprint density at radius 3 is 1.55 bits per heavy atom.